The lowest BCUT2D eigenvalue weighted by Gasteiger charge is -2.10. The van der Waals surface area contributed by atoms with Gasteiger partial charge in [0.1, 0.15) is 0 Å². The van der Waals surface area contributed by atoms with Gasteiger partial charge in [-0.15, -0.1) is 0 Å². The Kier molecular flexibility index (Phi) is 4.61. The highest BCUT2D eigenvalue weighted by Gasteiger charge is 2.40. The van der Waals surface area contributed by atoms with Crippen molar-refractivity contribution < 1.29 is 27.8 Å². The van der Waals surface area contributed by atoms with Crippen molar-refractivity contribution in [2.24, 2.45) is 0 Å². The van der Waals surface area contributed by atoms with Gasteiger partial charge in [0.2, 0.25) is 0 Å². The highest BCUT2D eigenvalue weighted by Crippen LogP contribution is 2.22. The summed E-state index contributed by atoms with van der Waals surface area (Å²) in [5, 5.41) is 0. The molecule has 6 heteroatoms. The van der Waals surface area contributed by atoms with Crippen LogP contribution in [-0.4, -0.2) is 25.1 Å². The first-order valence-electron chi connectivity index (χ1n) is 1.72. The fourth-order valence-corrected chi connectivity index (χ4v) is 0.0891. The summed E-state index contributed by atoms with van der Waals surface area (Å²) in [7, 11) is 0.520. The van der Waals surface area contributed by atoms with Crippen LogP contribution in [0.2, 0.25) is 0 Å². The molecule has 0 heterocycles. The van der Waals surface area contributed by atoms with Crippen LogP contribution < -0.4 is 0 Å². The van der Waals surface area contributed by atoms with E-state index >= 15 is 0 Å². The second-order valence-electron chi connectivity index (χ2n) is 1.07. The highest BCUT2D eigenvalue weighted by molar-refractivity contribution is 4.51. The molecule has 0 atom stereocenters. The molecule has 0 amide bonds. The van der Waals surface area contributed by atoms with Gasteiger partial charge in [-0.2, -0.15) is 8.78 Å². The molecule has 2 N–H and O–H groups in total. The molecule has 0 aliphatic carbocycles. The van der Waals surface area contributed by atoms with Gasteiger partial charge in [-0.25, -0.2) is 8.78 Å². The minimum atomic E-state index is -4.29. The lowest BCUT2D eigenvalue weighted by molar-refractivity contribution is -0.287. The summed E-state index contributed by atoms with van der Waals surface area (Å²) in [6, 6.07) is 0. The van der Waals surface area contributed by atoms with E-state index in [2.05, 4.69) is 4.74 Å². The van der Waals surface area contributed by atoms with E-state index < -0.39 is 12.5 Å². The van der Waals surface area contributed by atoms with Crippen LogP contribution in [0.15, 0.2) is 0 Å². The van der Waals surface area contributed by atoms with Crippen LogP contribution in [0.3, 0.4) is 0 Å². The molecule has 0 aromatic carbocycles. The van der Waals surface area contributed by atoms with E-state index in [0.717, 1.165) is 0 Å². The van der Waals surface area contributed by atoms with Gasteiger partial charge in [0.25, 0.3) is 0 Å². The zero-order chi connectivity index (χ0) is 6.78. The fourth-order valence-electron chi connectivity index (χ4n) is 0.0891. The standard InChI is InChI=1S/C3H4F4O.H2O/c1-8-3(6,7)2(4)5;/h2H,1H3;1H2. The van der Waals surface area contributed by atoms with Gasteiger partial charge in [0.05, 0.1) is 0 Å². The predicted molar refractivity (Wildman–Crippen MR) is 21.6 cm³/mol. The van der Waals surface area contributed by atoms with Crippen LogP contribution >= 0.6 is 0 Å². The second-order valence-corrected chi connectivity index (χ2v) is 1.07. The quantitative estimate of drug-likeness (QED) is 0.533. The largest absolute Gasteiger partial charge is 0.416 e. The molecule has 0 saturated carbocycles. The smallest absolute Gasteiger partial charge is 0.412 e. The molecule has 0 unspecified atom stereocenters. The van der Waals surface area contributed by atoms with Crippen molar-refractivity contribution in [3.8, 4) is 0 Å². The van der Waals surface area contributed by atoms with E-state index in [1.807, 2.05) is 0 Å². The van der Waals surface area contributed by atoms with Gasteiger partial charge in [0, 0.05) is 7.11 Å². The van der Waals surface area contributed by atoms with Crippen molar-refractivity contribution in [2.45, 2.75) is 12.5 Å². The number of hydrogen-bond acceptors (Lipinski definition) is 1. The maximum atomic E-state index is 11.3. The van der Waals surface area contributed by atoms with Crippen LogP contribution in [0, 0.1) is 0 Å². The Labute approximate surface area is 48.7 Å². The minimum absolute atomic E-state index is 0. The van der Waals surface area contributed by atoms with Crippen molar-refractivity contribution in [1.29, 1.82) is 0 Å². The summed E-state index contributed by atoms with van der Waals surface area (Å²) in [5.74, 6) is 0. The molecule has 0 bridgehead atoms. The molecule has 0 saturated heterocycles. The van der Waals surface area contributed by atoms with Crippen molar-refractivity contribution >= 4 is 0 Å². The first-order chi connectivity index (χ1) is 3.50. The Hall–Kier alpha value is -0.360. The average Bonchev–Trinajstić information content (AvgIpc) is 1.67. The van der Waals surface area contributed by atoms with Gasteiger partial charge in [0.15, 0.2) is 0 Å². The third-order valence-electron chi connectivity index (χ3n) is 0.526. The normalized spacial score (nSPS) is 11.3. The van der Waals surface area contributed by atoms with Crippen LogP contribution in [0.5, 0.6) is 0 Å². The Morgan fingerprint density at radius 2 is 1.67 bits per heavy atom. The lowest BCUT2D eigenvalue weighted by Crippen LogP contribution is -2.28. The summed E-state index contributed by atoms with van der Waals surface area (Å²) in [4.78, 5) is 0. The third-order valence-corrected chi connectivity index (χ3v) is 0.526. The summed E-state index contributed by atoms with van der Waals surface area (Å²) in [5.41, 5.74) is 0. The molecule has 2 nitrogen and oxygen atoms in total. The number of hydrogen-bond donors (Lipinski definition) is 0. The first-order valence-corrected chi connectivity index (χ1v) is 1.72. The van der Waals surface area contributed by atoms with Gasteiger partial charge >= 0.3 is 12.5 Å². The van der Waals surface area contributed by atoms with E-state index in [0.29, 0.717) is 7.11 Å². The summed E-state index contributed by atoms with van der Waals surface area (Å²) < 4.78 is 47.6. The van der Waals surface area contributed by atoms with E-state index in [-0.39, 0.29) is 5.48 Å². The molecule has 0 fully saturated rings. The third kappa shape index (κ3) is 3.26. The van der Waals surface area contributed by atoms with Gasteiger partial charge in [-0.1, -0.05) is 0 Å². The van der Waals surface area contributed by atoms with Crippen LogP contribution in [0.1, 0.15) is 0 Å². The van der Waals surface area contributed by atoms with E-state index in [4.69, 9.17) is 0 Å². The molecule has 0 rings (SSSR count). The molecule has 0 aliphatic heterocycles. The average molecular weight is 150 g/mol. The molecule has 9 heavy (non-hydrogen) atoms. The summed E-state index contributed by atoms with van der Waals surface area (Å²) in [6.45, 7) is 0. The molecule has 0 aliphatic rings. The molecule has 0 spiro atoms. The van der Waals surface area contributed by atoms with Crippen molar-refractivity contribution in [3.05, 3.63) is 0 Å². The van der Waals surface area contributed by atoms with Gasteiger partial charge in [-0.3, -0.25) is 0 Å². The van der Waals surface area contributed by atoms with Crippen molar-refractivity contribution in [2.75, 3.05) is 7.11 Å². The Morgan fingerprint density at radius 1 is 1.33 bits per heavy atom. The maximum Gasteiger partial charge on any atom is 0.416 e. The van der Waals surface area contributed by atoms with Gasteiger partial charge < -0.3 is 10.2 Å². The number of methoxy groups -OCH3 is 1. The van der Waals surface area contributed by atoms with Crippen LogP contribution in [-0.2, 0) is 4.74 Å². The molecule has 0 aromatic rings. The zero-order valence-corrected chi connectivity index (χ0v) is 4.50. The van der Waals surface area contributed by atoms with Crippen LogP contribution in [0.25, 0.3) is 0 Å². The van der Waals surface area contributed by atoms with Gasteiger partial charge in [-0.05, 0) is 0 Å². The minimum Gasteiger partial charge on any atom is -0.412 e. The molecule has 0 radical (unpaired) electrons. The zero-order valence-electron chi connectivity index (χ0n) is 4.50. The lowest BCUT2D eigenvalue weighted by atomic mass is 10.7. The monoisotopic (exact) mass is 150 g/mol. The maximum absolute atomic E-state index is 11.3. The van der Waals surface area contributed by atoms with Crippen LogP contribution in [0.4, 0.5) is 17.6 Å². The second kappa shape index (κ2) is 3.62. The fraction of sp³-hybridized carbons (Fsp3) is 1.00. The Balaban J connectivity index is 0. The van der Waals surface area contributed by atoms with E-state index in [1.54, 1.807) is 0 Å². The van der Waals surface area contributed by atoms with Crippen molar-refractivity contribution in [3.63, 3.8) is 0 Å². The highest BCUT2D eigenvalue weighted by atomic mass is 19.3. The SMILES string of the molecule is COC(F)(F)C(F)F.O. The summed E-state index contributed by atoms with van der Waals surface area (Å²) in [6.07, 6.45) is -8.03. The number of alkyl halides is 4. The van der Waals surface area contributed by atoms with E-state index in [1.165, 1.54) is 0 Å². The summed E-state index contributed by atoms with van der Waals surface area (Å²) >= 11 is 0. The number of rotatable bonds is 2. The number of halogens is 4. The molecule has 58 valence electrons. The first kappa shape index (κ1) is 11.4. The molecule has 0 aromatic heterocycles. The van der Waals surface area contributed by atoms with Crippen molar-refractivity contribution in [1.82, 2.24) is 0 Å². The topological polar surface area (TPSA) is 40.7 Å². The number of ether oxygens (including phenoxy) is 1. The molecular formula is C3H6F4O2. The van der Waals surface area contributed by atoms with E-state index in [9.17, 15) is 17.6 Å². The predicted octanol–water partition coefficient (Wildman–Crippen LogP) is 0.666. The Bertz CT molecular complexity index is 74.2. The molecular weight excluding hydrogens is 144 g/mol. The Morgan fingerprint density at radius 3 is 1.67 bits per heavy atom.